The number of nitro groups is 1. The molecule has 0 radical (unpaired) electrons. The van der Waals surface area contributed by atoms with Crippen LogP contribution in [0.15, 0.2) is 66.7 Å². The molecule has 0 amide bonds. The first kappa shape index (κ1) is 16.0. The normalized spacial score (nSPS) is 12.7. The Morgan fingerprint density at radius 3 is 2.23 bits per heavy atom. The van der Waals surface area contributed by atoms with Gasteiger partial charge in [-0.1, -0.05) is 24.3 Å². The highest BCUT2D eigenvalue weighted by molar-refractivity contribution is 6.11. The van der Waals surface area contributed by atoms with Gasteiger partial charge in [-0.25, -0.2) is 0 Å². The number of non-ortho nitro benzene ring substituents is 1. The van der Waals surface area contributed by atoms with Gasteiger partial charge in [-0.3, -0.25) is 14.9 Å². The predicted molar refractivity (Wildman–Crippen MR) is 100 cm³/mol. The first-order valence-electron chi connectivity index (χ1n) is 8.39. The van der Waals surface area contributed by atoms with Crippen LogP contribution in [0.3, 0.4) is 0 Å². The predicted octanol–water partition coefficient (Wildman–Crippen LogP) is 4.67. The van der Waals surface area contributed by atoms with Gasteiger partial charge in [0.05, 0.1) is 4.92 Å². The molecule has 0 atom stereocenters. The summed E-state index contributed by atoms with van der Waals surface area (Å²) in [6, 6.07) is 19.7. The molecule has 26 heavy (non-hydrogen) atoms. The van der Waals surface area contributed by atoms with E-state index in [-0.39, 0.29) is 11.5 Å². The summed E-state index contributed by atoms with van der Waals surface area (Å²) in [5.41, 5.74) is 5.29. The van der Waals surface area contributed by atoms with Crippen molar-refractivity contribution in [2.75, 3.05) is 5.32 Å². The van der Waals surface area contributed by atoms with Crippen molar-refractivity contribution in [3.8, 4) is 0 Å². The third-order valence-corrected chi connectivity index (χ3v) is 4.64. The lowest BCUT2D eigenvalue weighted by Crippen LogP contribution is -2.04. The minimum absolute atomic E-state index is 0.0563. The van der Waals surface area contributed by atoms with E-state index in [2.05, 4.69) is 5.32 Å². The Bertz CT molecular complexity index is 1010. The van der Waals surface area contributed by atoms with Gasteiger partial charge in [0.25, 0.3) is 5.69 Å². The molecule has 128 valence electrons. The number of hydrogen-bond acceptors (Lipinski definition) is 4. The first-order chi connectivity index (χ1) is 12.6. The number of rotatable bonds is 3. The van der Waals surface area contributed by atoms with Crippen molar-refractivity contribution in [1.82, 2.24) is 0 Å². The number of nitro benzene ring substituents is 1. The molecule has 5 heteroatoms. The molecule has 5 nitrogen and oxygen atoms in total. The smallest absolute Gasteiger partial charge is 0.269 e. The molecule has 0 saturated heterocycles. The minimum atomic E-state index is -0.421. The van der Waals surface area contributed by atoms with Crippen molar-refractivity contribution in [1.29, 1.82) is 0 Å². The van der Waals surface area contributed by atoms with Crippen LogP contribution in [-0.4, -0.2) is 10.7 Å². The lowest BCUT2D eigenvalue weighted by molar-refractivity contribution is -0.384. The number of hydrogen-bond donors (Lipinski definition) is 1. The number of fused-ring (bicyclic) bond motifs is 2. The molecule has 1 aliphatic rings. The fraction of sp³-hybridized carbons (Fsp3) is 0.0952. The Morgan fingerprint density at radius 1 is 0.808 bits per heavy atom. The molecule has 0 aromatic heterocycles. The summed E-state index contributed by atoms with van der Waals surface area (Å²) >= 11 is 0. The van der Waals surface area contributed by atoms with Gasteiger partial charge in [0.2, 0.25) is 0 Å². The van der Waals surface area contributed by atoms with Crippen LogP contribution < -0.4 is 5.32 Å². The molecule has 0 unspecified atom stereocenters. The zero-order valence-corrected chi connectivity index (χ0v) is 13.9. The summed E-state index contributed by atoms with van der Waals surface area (Å²) in [4.78, 5) is 23.1. The second kappa shape index (κ2) is 6.44. The van der Waals surface area contributed by atoms with Crippen molar-refractivity contribution < 1.29 is 9.72 Å². The van der Waals surface area contributed by atoms with Crippen LogP contribution in [0.5, 0.6) is 0 Å². The summed E-state index contributed by atoms with van der Waals surface area (Å²) in [6.07, 6.45) is 1.63. The molecular formula is C21H16N2O3. The quantitative estimate of drug-likeness (QED) is 0.554. The van der Waals surface area contributed by atoms with Crippen LogP contribution in [-0.2, 0) is 12.8 Å². The molecule has 1 N–H and O–H groups in total. The van der Waals surface area contributed by atoms with E-state index in [1.165, 1.54) is 12.1 Å². The molecule has 1 aliphatic carbocycles. The van der Waals surface area contributed by atoms with E-state index >= 15 is 0 Å². The molecule has 3 aromatic rings. The van der Waals surface area contributed by atoms with Gasteiger partial charge < -0.3 is 5.32 Å². The fourth-order valence-corrected chi connectivity index (χ4v) is 3.31. The SMILES string of the molecule is O=C1c2ccccc2CCc2cc(Nc3ccc([N+](=O)[O-])cc3)ccc21. The van der Waals surface area contributed by atoms with Crippen molar-refractivity contribution in [3.05, 3.63) is 99.1 Å². The highest BCUT2D eigenvalue weighted by Gasteiger charge is 2.20. The summed E-state index contributed by atoms with van der Waals surface area (Å²) in [5.74, 6) is 0.0648. The van der Waals surface area contributed by atoms with Crippen LogP contribution in [0.2, 0.25) is 0 Å². The molecule has 0 fully saturated rings. The zero-order valence-electron chi connectivity index (χ0n) is 13.9. The van der Waals surface area contributed by atoms with E-state index in [1.54, 1.807) is 12.1 Å². The van der Waals surface area contributed by atoms with Crippen molar-refractivity contribution in [2.24, 2.45) is 0 Å². The van der Waals surface area contributed by atoms with Crippen molar-refractivity contribution >= 4 is 22.8 Å². The molecule has 0 bridgehead atoms. The van der Waals surface area contributed by atoms with Gasteiger partial charge >= 0.3 is 0 Å². The second-order valence-corrected chi connectivity index (χ2v) is 6.29. The van der Waals surface area contributed by atoms with Crippen molar-refractivity contribution in [3.63, 3.8) is 0 Å². The molecule has 0 saturated carbocycles. The summed E-state index contributed by atoms with van der Waals surface area (Å²) < 4.78 is 0. The molecule has 0 heterocycles. The highest BCUT2D eigenvalue weighted by Crippen LogP contribution is 2.28. The number of carbonyl (C=O) groups excluding carboxylic acids is 1. The average Bonchev–Trinajstić information content (AvgIpc) is 2.79. The summed E-state index contributed by atoms with van der Waals surface area (Å²) in [5, 5.41) is 14.0. The second-order valence-electron chi connectivity index (χ2n) is 6.29. The topological polar surface area (TPSA) is 72.2 Å². The van der Waals surface area contributed by atoms with Gasteiger partial charge in [0.1, 0.15) is 0 Å². The minimum Gasteiger partial charge on any atom is -0.356 e. The van der Waals surface area contributed by atoms with Crippen LogP contribution in [0.4, 0.5) is 17.1 Å². The number of nitrogens with zero attached hydrogens (tertiary/aromatic N) is 1. The third kappa shape index (κ3) is 2.95. The summed E-state index contributed by atoms with van der Waals surface area (Å²) in [6.45, 7) is 0. The van der Waals surface area contributed by atoms with Gasteiger partial charge in [-0.2, -0.15) is 0 Å². The maximum absolute atomic E-state index is 12.8. The summed E-state index contributed by atoms with van der Waals surface area (Å²) in [7, 11) is 0. The van der Waals surface area contributed by atoms with E-state index in [0.29, 0.717) is 0 Å². The van der Waals surface area contributed by atoms with E-state index in [0.717, 1.165) is 46.5 Å². The lowest BCUT2D eigenvalue weighted by Gasteiger charge is -2.10. The van der Waals surface area contributed by atoms with Crippen LogP contribution in [0.1, 0.15) is 27.0 Å². The molecular weight excluding hydrogens is 328 g/mol. The molecule has 0 spiro atoms. The van der Waals surface area contributed by atoms with Crippen LogP contribution >= 0.6 is 0 Å². The monoisotopic (exact) mass is 344 g/mol. The average molecular weight is 344 g/mol. The zero-order chi connectivity index (χ0) is 18.1. The lowest BCUT2D eigenvalue weighted by atomic mass is 9.98. The highest BCUT2D eigenvalue weighted by atomic mass is 16.6. The Labute approximate surface area is 150 Å². The van der Waals surface area contributed by atoms with Gasteiger partial charge in [-0.05, 0) is 54.3 Å². The number of ketones is 1. The Balaban J connectivity index is 1.62. The number of anilines is 2. The molecule has 3 aromatic carbocycles. The van der Waals surface area contributed by atoms with Gasteiger partial charge in [0, 0.05) is 34.6 Å². The van der Waals surface area contributed by atoms with Crippen LogP contribution in [0.25, 0.3) is 0 Å². The Morgan fingerprint density at radius 2 is 1.46 bits per heavy atom. The largest absolute Gasteiger partial charge is 0.356 e. The van der Waals surface area contributed by atoms with Crippen LogP contribution in [0, 0.1) is 10.1 Å². The number of aryl methyl sites for hydroxylation is 2. The van der Waals surface area contributed by atoms with E-state index < -0.39 is 4.92 Å². The van der Waals surface area contributed by atoms with Gasteiger partial charge in [-0.15, -0.1) is 0 Å². The fourth-order valence-electron chi connectivity index (χ4n) is 3.31. The van der Waals surface area contributed by atoms with Gasteiger partial charge in [0.15, 0.2) is 5.78 Å². The maximum Gasteiger partial charge on any atom is 0.269 e. The molecule has 4 rings (SSSR count). The maximum atomic E-state index is 12.8. The van der Waals surface area contributed by atoms with E-state index in [9.17, 15) is 14.9 Å². The number of carbonyl (C=O) groups is 1. The number of benzene rings is 3. The number of nitrogens with one attached hydrogen (secondary N) is 1. The van der Waals surface area contributed by atoms with E-state index in [4.69, 9.17) is 0 Å². The van der Waals surface area contributed by atoms with E-state index in [1.807, 2.05) is 42.5 Å². The Kier molecular flexibility index (Phi) is 3.97. The standard InChI is InChI=1S/C21H16N2O3/c24-21-19-4-2-1-3-14(19)5-6-15-13-17(9-12-20(15)21)22-16-7-10-18(11-8-16)23(25)26/h1-4,7-13,22H,5-6H2. The first-order valence-corrected chi connectivity index (χ1v) is 8.39. The third-order valence-electron chi connectivity index (χ3n) is 4.64. The molecule has 0 aliphatic heterocycles. The Hall–Kier alpha value is -3.47. The van der Waals surface area contributed by atoms with Crippen molar-refractivity contribution in [2.45, 2.75) is 12.8 Å².